The molecule has 0 aliphatic heterocycles. The summed E-state index contributed by atoms with van der Waals surface area (Å²) in [7, 11) is -2.05. The summed E-state index contributed by atoms with van der Waals surface area (Å²) in [5.41, 5.74) is 3.17. The molecule has 0 spiro atoms. The molecule has 0 radical (unpaired) electrons. The molecule has 0 amide bonds. The molecular formula is C24H28O5S. The van der Waals surface area contributed by atoms with Crippen molar-refractivity contribution in [3.8, 4) is 11.5 Å². The molecule has 0 unspecified atom stereocenters. The Bertz CT molecular complexity index is 1010. The molecule has 1 saturated carbocycles. The largest absolute Gasteiger partial charge is 0.497 e. The molecule has 1 aliphatic carbocycles. The fourth-order valence-electron chi connectivity index (χ4n) is 3.67. The first-order chi connectivity index (χ1) is 14.3. The Morgan fingerprint density at radius 3 is 2.37 bits per heavy atom. The Balaban J connectivity index is 1.61. The van der Waals surface area contributed by atoms with Crippen LogP contribution in [-0.4, -0.2) is 27.1 Å². The fraction of sp³-hybridized carbons (Fsp3) is 0.375. The number of aryl methyl sites for hydroxylation is 1. The number of methoxy groups -OCH3 is 1. The molecule has 0 heterocycles. The Morgan fingerprint density at radius 1 is 1.07 bits per heavy atom. The van der Waals surface area contributed by atoms with Gasteiger partial charge in [0.1, 0.15) is 23.9 Å². The molecule has 0 saturated heterocycles. The summed E-state index contributed by atoms with van der Waals surface area (Å²) in [6.07, 6.45) is 3.00. The van der Waals surface area contributed by atoms with Gasteiger partial charge in [-0.15, -0.1) is 0 Å². The summed E-state index contributed by atoms with van der Waals surface area (Å²) in [6.45, 7) is 6.26. The van der Waals surface area contributed by atoms with Crippen molar-refractivity contribution < 1.29 is 22.7 Å². The van der Waals surface area contributed by atoms with Crippen LogP contribution in [0.15, 0.2) is 59.5 Å². The topological polar surface area (TPSA) is 69.7 Å². The minimum atomic E-state index is -3.66. The van der Waals surface area contributed by atoms with Crippen molar-refractivity contribution in [1.29, 1.82) is 0 Å². The second-order valence-corrected chi connectivity index (χ2v) is 9.86. The molecule has 5 nitrogen and oxygen atoms in total. The van der Waals surface area contributed by atoms with Crippen molar-refractivity contribution in [2.45, 2.75) is 44.1 Å². The molecule has 0 N–H and O–H groups in total. The van der Waals surface area contributed by atoms with E-state index in [-0.39, 0.29) is 16.6 Å². The zero-order valence-electron chi connectivity index (χ0n) is 17.5. The molecule has 0 bridgehead atoms. The van der Waals surface area contributed by atoms with Gasteiger partial charge in [-0.3, -0.25) is 4.79 Å². The lowest BCUT2D eigenvalue weighted by Crippen LogP contribution is -2.26. The Labute approximate surface area is 178 Å². The highest BCUT2D eigenvalue weighted by Gasteiger charge is 2.27. The molecule has 2 aromatic carbocycles. The van der Waals surface area contributed by atoms with Crippen LogP contribution >= 0.6 is 0 Å². The van der Waals surface area contributed by atoms with Gasteiger partial charge in [0.2, 0.25) is 0 Å². The summed E-state index contributed by atoms with van der Waals surface area (Å²) in [5.74, 6) is 0.497. The van der Waals surface area contributed by atoms with Crippen molar-refractivity contribution >= 4 is 15.6 Å². The van der Waals surface area contributed by atoms with Crippen LogP contribution in [0.5, 0.6) is 11.5 Å². The van der Waals surface area contributed by atoms with Gasteiger partial charge < -0.3 is 9.47 Å². The van der Waals surface area contributed by atoms with Gasteiger partial charge in [0.05, 0.1) is 12.0 Å². The lowest BCUT2D eigenvalue weighted by Gasteiger charge is -2.22. The summed E-state index contributed by atoms with van der Waals surface area (Å²) < 4.78 is 36.4. The Kier molecular flexibility index (Phi) is 6.98. The molecule has 0 aromatic heterocycles. The number of hydrogen-bond donors (Lipinski definition) is 0. The number of allylic oxidation sites excluding steroid dienone is 1. The zero-order chi connectivity index (χ0) is 21.7. The maximum Gasteiger partial charge on any atom is 0.185 e. The number of ketones is 1. The minimum absolute atomic E-state index is 0.139. The summed E-state index contributed by atoms with van der Waals surface area (Å²) in [6, 6.07) is 12.1. The van der Waals surface area contributed by atoms with Crippen molar-refractivity contribution in [2.24, 2.45) is 5.92 Å². The van der Waals surface area contributed by atoms with E-state index in [4.69, 9.17) is 9.47 Å². The molecule has 1 fully saturated rings. The van der Waals surface area contributed by atoms with Crippen molar-refractivity contribution in [1.82, 2.24) is 0 Å². The summed E-state index contributed by atoms with van der Waals surface area (Å²) >= 11 is 0. The first kappa shape index (κ1) is 22.1. The lowest BCUT2D eigenvalue weighted by atomic mass is 9.84. The summed E-state index contributed by atoms with van der Waals surface area (Å²) in [5, 5.41) is 0. The number of rotatable bonds is 8. The van der Waals surface area contributed by atoms with Crippen LogP contribution in [0.25, 0.3) is 0 Å². The lowest BCUT2D eigenvalue weighted by molar-refractivity contribution is -0.121. The molecular weight excluding hydrogens is 400 g/mol. The summed E-state index contributed by atoms with van der Waals surface area (Å²) in [4.78, 5) is 12.6. The number of sulfone groups is 1. The monoisotopic (exact) mass is 428 g/mol. The van der Waals surface area contributed by atoms with Crippen molar-refractivity contribution in [3.05, 3.63) is 65.7 Å². The minimum Gasteiger partial charge on any atom is -0.497 e. The number of carbonyl (C=O) groups is 1. The maximum atomic E-state index is 12.7. The Hall–Kier alpha value is -2.60. The third kappa shape index (κ3) is 5.72. The quantitative estimate of drug-likeness (QED) is 0.572. The third-order valence-electron chi connectivity index (χ3n) is 5.42. The molecule has 0 atom stereocenters. The van der Waals surface area contributed by atoms with Gasteiger partial charge in [0.15, 0.2) is 15.6 Å². The maximum absolute atomic E-state index is 12.7. The first-order valence-corrected chi connectivity index (χ1v) is 11.7. The highest BCUT2D eigenvalue weighted by molar-refractivity contribution is 7.92. The van der Waals surface area contributed by atoms with Gasteiger partial charge in [-0.1, -0.05) is 18.2 Å². The van der Waals surface area contributed by atoms with Gasteiger partial charge in [-0.05, 0) is 80.1 Å². The first-order valence-electron chi connectivity index (χ1n) is 10.1. The van der Waals surface area contributed by atoms with Crippen LogP contribution < -0.4 is 9.47 Å². The van der Waals surface area contributed by atoms with Crippen LogP contribution in [0.3, 0.4) is 0 Å². The second kappa shape index (κ2) is 9.47. The number of ether oxygens (including phenoxy) is 2. The molecule has 3 rings (SSSR count). The van der Waals surface area contributed by atoms with Gasteiger partial charge >= 0.3 is 0 Å². The Morgan fingerprint density at radius 2 is 1.73 bits per heavy atom. The predicted molar refractivity (Wildman–Crippen MR) is 117 cm³/mol. The van der Waals surface area contributed by atoms with E-state index in [2.05, 4.69) is 6.58 Å². The van der Waals surface area contributed by atoms with E-state index >= 15 is 0 Å². The fourth-order valence-corrected chi connectivity index (χ4v) is 5.00. The van der Waals surface area contributed by atoms with Crippen LogP contribution in [0.4, 0.5) is 0 Å². The van der Waals surface area contributed by atoms with E-state index in [1.165, 1.54) is 12.1 Å². The number of Topliss-reactive ketones (excluding diaryl/α,β-unsaturated/α-hetero) is 1. The average molecular weight is 429 g/mol. The number of hydrogen-bond acceptors (Lipinski definition) is 5. The van der Waals surface area contributed by atoms with Crippen LogP contribution in [0.2, 0.25) is 0 Å². The highest BCUT2D eigenvalue weighted by Crippen LogP contribution is 2.29. The van der Waals surface area contributed by atoms with E-state index in [9.17, 15) is 13.2 Å². The zero-order valence-corrected chi connectivity index (χ0v) is 18.3. The van der Waals surface area contributed by atoms with Crippen LogP contribution in [0, 0.1) is 12.8 Å². The van der Waals surface area contributed by atoms with E-state index in [1.54, 1.807) is 19.2 Å². The van der Waals surface area contributed by atoms with Gasteiger partial charge in [0.25, 0.3) is 0 Å². The van der Waals surface area contributed by atoms with Gasteiger partial charge in [-0.25, -0.2) is 8.42 Å². The third-order valence-corrected chi connectivity index (χ3v) is 7.07. The van der Waals surface area contributed by atoms with Gasteiger partial charge in [-0.2, -0.15) is 0 Å². The van der Waals surface area contributed by atoms with Crippen molar-refractivity contribution in [2.75, 3.05) is 12.9 Å². The van der Waals surface area contributed by atoms with Gasteiger partial charge in [0, 0.05) is 5.92 Å². The van der Waals surface area contributed by atoms with E-state index < -0.39 is 15.6 Å². The standard InChI is InChI=1S/C24H28O5S/c1-17-4-6-20(7-5-17)24(25)16-30(26,27)23-10-8-21(9-11-23)29-15-19-12-18(2)13-22(14-19)28-3/h8-14,20H,1,4-7,15-16H2,2-3H3. The molecule has 160 valence electrons. The molecule has 30 heavy (non-hydrogen) atoms. The number of benzene rings is 2. The smallest absolute Gasteiger partial charge is 0.185 e. The molecule has 1 aliphatic rings. The van der Waals surface area contributed by atoms with Crippen LogP contribution in [0.1, 0.15) is 36.8 Å². The van der Waals surface area contributed by atoms with E-state index in [0.717, 1.165) is 35.3 Å². The molecule has 2 aromatic rings. The van der Waals surface area contributed by atoms with Crippen LogP contribution in [-0.2, 0) is 21.2 Å². The highest BCUT2D eigenvalue weighted by atomic mass is 32.2. The van der Waals surface area contributed by atoms with E-state index in [0.29, 0.717) is 25.2 Å². The van der Waals surface area contributed by atoms with Crippen molar-refractivity contribution in [3.63, 3.8) is 0 Å². The van der Waals surface area contributed by atoms with E-state index in [1.807, 2.05) is 25.1 Å². The number of carbonyl (C=O) groups excluding carboxylic acids is 1. The SMILES string of the molecule is C=C1CCC(C(=O)CS(=O)(=O)c2ccc(OCc3cc(C)cc(OC)c3)cc2)CC1. The second-order valence-electron chi connectivity index (χ2n) is 7.87. The average Bonchev–Trinajstić information content (AvgIpc) is 2.72. The predicted octanol–water partition coefficient (Wildman–Crippen LogP) is 4.67. The molecule has 6 heteroatoms. The normalized spacial score (nSPS) is 15.1.